The molecule has 112 valence electrons. The lowest BCUT2D eigenvalue weighted by atomic mass is 10.1. The molecule has 0 fully saturated rings. The van der Waals surface area contributed by atoms with E-state index in [1.807, 2.05) is 13.8 Å². The minimum atomic E-state index is -4.55. The summed E-state index contributed by atoms with van der Waals surface area (Å²) in [6.45, 7) is 3.52. The van der Waals surface area contributed by atoms with Crippen LogP contribution in [0.3, 0.4) is 0 Å². The molecule has 7 heteroatoms. The third-order valence-electron chi connectivity index (χ3n) is 2.43. The summed E-state index contributed by atoms with van der Waals surface area (Å²) in [5.41, 5.74) is 4.42. The summed E-state index contributed by atoms with van der Waals surface area (Å²) in [6.07, 6.45) is -4.55. The van der Waals surface area contributed by atoms with Gasteiger partial charge in [-0.05, 0) is 17.7 Å². The van der Waals surface area contributed by atoms with Gasteiger partial charge in [0.1, 0.15) is 5.75 Å². The van der Waals surface area contributed by atoms with Gasteiger partial charge in [-0.1, -0.05) is 19.9 Å². The Balaban J connectivity index is 2.98. The molecule has 3 N–H and O–H groups in total. The molecule has 0 bridgehead atoms. The number of ether oxygens (including phenoxy) is 1. The summed E-state index contributed by atoms with van der Waals surface area (Å²) in [7, 11) is 0. The predicted octanol–water partition coefficient (Wildman–Crippen LogP) is 2.07. The summed E-state index contributed by atoms with van der Waals surface area (Å²) >= 11 is 0. The minimum absolute atomic E-state index is 0.162. The molecule has 4 nitrogen and oxygen atoms in total. The van der Waals surface area contributed by atoms with E-state index in [1.165, 1.54) is 12.1 Å². The molecule has 0 atom stereocenters. The molecule has 0 aromatic heterocycles. The number of amides is 1. The first-order valence-electron chi connectivity index (χ1n) is 6.04. The highest BCUT2D eigenvalue weighted by Crippen LogP contribution is 2.36. The Morgan fingerprint density at radius 2 is 2.05 bits per heavy atom. The number of hydrogen-bond acceptors (Lipinski definition) is 3. The molecule has 0 heterocycles. The van der Waals surface area contributed by atoms with Gasteiger partial charge < -0.3 is 15.8 Å². The summed E-state index contributed by atoms with van der Waals surface area (Å²) in [6, 6.07) is 3.88. The summed E-state index contributed by atoms with van der Waals surface area (Å²) in [5, 5.41) is 3.03. The molecule has 0 aliphatic rings. The topological polar surface area (TPSA) is 64.3 Å². The van der Waals surface area contributed by atoms with Crippen LogP contribution in [0, 0.1) is 0 Å². The van der Waals surface area contributed by atoms with Crippen LogP contribution in [-0.2, 0) is 17.5 Å². The number of halogens is 3. The van der Waals surface area contributed by atoms with Crippen molar-refractivity contribution in [3.63, 3.8) is 0 Å². The van der Waals surface area contributed by atoms with Gasteiger partial charge in [-0.15, -0.1) is 0 Å². The Labute approximate surface area is 115 Å². The van der Waals surface area contributed by atoms with Crippen LogP contribution in [0.25, 0.3) is 0 Å². The average Bonchev–Trinajstić information content (AvgIpc) is 2.33. The zero-order valence-electron chi connectivity index (χ0n) is 11.3. The largest absolute Gasteiger partial charge is 0.483 e. The molecule has 0 radical (unpaired) electrons. The van der Waals surface area contributed by atoms with E-state index in [0.29, 0.717) is 12.1 Å². The van der Waals surface area contributed by atoms with E-state index in [1.54, 1.807) is 0 Å². The van der Waals surface area contributed by atoms with Gasteiger partial charge in [0.15, 0.2) is 6.61 Å². The van der Waals surface area contributed by atoms with Crippen molar-refractivity contribution >= 4 is 5.91 Å². The van der Waals surface area contributed by atoms with E-state index >= 15 is 0 Å². The molecule has 1 rings (SSSR count). The zero-order chi connectivity index (χ0) is 15.3. The highest BCUT2D eigenvalue weighted by Gasteiger charge is 2.34. The Bertz CT molecular complexity index is 473. The van der Waals surface area contributed by atoms with Crippen molar-refractivity contribution in [2.45, 2.75) is 32.6 Å². The van der Waals surface area contributed by atoms with Gasteiger partial charge in [-0.25, -0.2) is 0 Å². The van der Waals surface area contributed by atoms with Gasteiger partial charge in [0, 0.05) is 12.6 Å². The van der Waals surface area contributed by atoms with Crippen LogP contribution in [-0.4, -0.2) is 18.6 Å². The maximum absolute atomic E-state index is 12.9. The number of hydrogen-bond donors (Lipinski definition) is 2. The summed E-state index contributed by atoms with van der Waals surface area (Å²) in [5.74, 6) is -1.23. The molecular weight excluding hydrogens is 273 g/mol. The van der Waals surface area contributed by atoms with Gasteiger partial charge in [0.2, 0.25) is 0 Å². The Kier molecular flexibility index (Phi) is 5.38. The van der Waals surface area contributed by atoms with Crippen LogP contribution in [0.4, 0.5) is 13.2 Å². The first-order valence-corrected chi connectivity index (χ1v) is 6.04. The van der Waals surface area contributed by atoms with Crippen LogP contribution in [0.2, 0.25) is 0 Å². The standard InChI is InChI=1S/C13H17F3N2O2/c1-8(2)18-6-9-3-4-11(20-7-12(17)19)10(5-9)13(14,15)16/h3-5,8,18H,6-7H2,1-2H3,(H2,17,19). The van der Waals surface area contributed by atoms with E-state index in [-0.39, 0.29) is 6.04 Å². The Morgan fingerprint density at radius 3 is 2.55 bits per heavy atom. The number of primary amides is 1. The van der Waals surface area contributed by atoms with E-state index in [0.717, 1.165) is 6.07 Å². The lowest BCUT2D eigenvalue weighted by Gasteiger charge is -2.15. The normalized spacial score (nSPS) is 11.7. The second kappa shape index (κ2) is 6.60. The Hall–Kier alpha value is -1.76. The number of carbonyl (C=O) groups is 1. The fourth-order valence-corrected chi connectivity index (χ4v) is 1.51. The number of rotatable bonds is 6. The first-order chi connectivity index (χ1) is 9.20. The number of alkyl halides is 3. The smallest absolute Gasteiger partial charge is 0.419 e. The van der Waals surface area contributed by atoms with Crippen molar-refractivity contribution in [2.75, 3.05) is 6.61 Å². The van der Waals surface area contributed by atoms with Crippen molar-refractivity contribution in [2.24, 2.45) is 5.73 Å². The van der Waals surface area contributed by atoms with Crippen LogP contribution >= 0.6 is 0 Å². The van der Waals surface area contributed by atoms with Crippen molar-refractivity contribution in [1.29, 1.82) is 0 Å². The zero-order valence-corrected chi connectivity index (χ0v) is 11.3. The second-order valence-electron chi connectivity index (χ2n) is 4.62. The van der Waals surface area contributed by atoms with Crippen LogP contribution in [0.15, 0.2) is 18.2 Å². The van der Waals surface area contributed by atoms with E-state index in [9.17, 15) is 18.0 Å². The first kappa shape index (κ1) is 16.3. The number of carbonyl (C=O) groups excluding carboxylic acids is 1. The predicted molar refractivity (Wildman–Crippen MR) is 68.1 cm³/mol. The number of nitrogens with one attached hydrogen (secondary N) is 1. The van der Waals surface area contributed by atoms with Gasteiger partial charge in [0.05, 0.1) is 5.56 Å². The molecule has 0 spiro atoms. The molecule has 20 heavy (non-hydrogen) atoms. The molecule has 1 aromatic carbocycles. The summed E-state index contributed by atoms with van der Waals surface area (Å²) in [4.78, 5) is 10.6. The molecule has 1 amide bonds. The second-order valence-corrected chi connectivity index (χ2v) is 4.62. The molecule has 0 saturated heterocycles. The van der Waals surface area contributed by atoms with Crippen LogP contribution in [0.5, 0.6) is 5.75 Å². The maximum Gasteiger partial charge on any atom is 0.419 e. The maximum atomic E-state index is 12.9. The SMILES string of the molecule is CC(C)NCc1ccc(OCC(N)=O)c(C(F)(F)F)c1. The van der Waals surface area contributed by atoms with Crippen molar-refractivity contribution in [3.05, 3.63) is 29.3 Å². The van der Waals surface area contributed by atoms with Gasteiger partial charge in [0.25, 0.3) is 5.91 Å². The van der Waals surface area contributed by atoms with Crippen molar-refractivity contribution < 1.29 is 22.7 Å². The highest BCUT2D eigenvalue weighted by molar-refractivity contribution is 5.75. The highest BCUT2D eigenvalue weighted by atomic mass is 19.4. The van der Waals surface area contributed by atoms with Crippen molar-refractivity contribution in [3.8, 4) is 5.75 Å². The number of benzene rings is 1. The fraction of sp³-hybridized carbons (Fsp3) is 0.462. The van der Waals surface area contributed by atoms with Gasteiger partial charge in [-0.3, -0.25) is 4.79 Å². The monoisotopic (exact) mass is 290 g/mol. The molecule has 1 aromatic rings. The van der Waals surface area contributed by atoms with Crippen LogP contribution in [0.1, 0.15) is 25.0 Å². The molecule has 0 aliphatic heterocycles. The van der Waals surface area contributed by atoms with Gasteiger partial charge in [-0.2, -0.15) is 13.2 Å². The molecular formula is C13H17F3N2O2. The molecule has 0 saturated carbocycles. The van der Waals surface area contributed by atoms with E-state index in [4.69, 9.17) is 10.5 Å². The lowest BCUT2D eigenvalue weighted by molar-refractivity contribution is -0.139. The lowest BCUT2D eigenvalue weighted by Crippen LogP contribution is -2.23. The van der Waals surface area contributed by atoms with Crippen molar-refractivity contribution in [1.82, 2.24) is 5.32 Å². The molecule has 0 aliphatic carbocycles. The van der Waals surface area contributed by atoms with Crippen LogP contribution < -0.4 is 15.8 Å². The number of nitrogens with two attached hydrogens (primary N) is 1. The molecule has 0 unspecified atom stereocenters. The van der Waals surface area contributed by atoms with E-state index in [2.05, 4.69) is 5.32 Å². The summed E-state index contributed by atoms with van der Waals surface area (Å²) < 4.78 is 43.6. The van der Waals surface area contributed by atoms with E-state index < -0.39 is 30.0 Å². The Morgan fingerprint density at radius 1 is 1.40 bits per heavy atom. The quantitative estimate of drug-likeness (QED) is 0.843. The van der Waals surface area contributed by atoms with Gasteiger partial charge >= 0.3 is 6.18 Å². The average molecular weight is 290 g/mol. The minimum Gasteiger partial charge on any atom is -0.483 e. The third-order valence-corrected chi connectivity index (χ3v) is 2.43. The fourth-order valence-electron chi connectivity index (χ4n) is 1.51. The third kappa shape index (κ3) is 5.08.